The summed E-state index contributed by atoms with van der Waals surface area (Å²) < 4.78 is 40.0. The normalized spacial score (nSPS) is 17.1. The van der Waals surface area contributed by atoms with Crippen LogP contribution in [0, 0.1) is 6.92 Å². The molecular weight excluding hydrogens is 377 g/mol. The van der Waals surface area contributed by atoms with E-state index in [9.17, 15) is 27.6 Å². The molecule has 1 atom stereocenters. The molecule has 0 radical (unpaired) electrons. The first-order chi connectivity index (χ1) is 13.2. The van der Waals surface area contributed by atoms with Gasteiger partial charge in [-0.2, -0.15) is 18.3 Å². The minimum atomic E-state index is -4.54. The molecule has 0 spiro atoms. The fraction of sp³-hybridized carbons (Fsp3) is 0.333. The van der Waals surface area contributed by atoms with Crippen LogP contribution in [0.1, 0.15) is 34.6 Å². The molecule has 1 aromatic carbocycles. The molecule has 0 aliphatic carbocycles. The zero-order valence-electron chi connectivity index (χ0n) is 14.8. The number of alkyl halides is 3. The lowest BCUT2D eigenvalue weighted by atomic mass is 10.1. The number of aromatic nitrogens is 2. The maximum atomic E-state index is 13.0. The van der Waals surface area contributed by atoms with Crippen LogP contribution in [-0.2, 0) is 11.0 Å². The van der Waals surface area contributed by atoms with Gasteiger partial charge >= 0.3 is 6.18 Å². The Morgan fingerprint density at radius 1 is 1.29 bits per heavy atom. The van der Waals surface area contributed by atoms with Gasteiger partial charge in [0.15, 0.2) is 5.69 Å². The van der Waals surface area contributed by atoms with Crippen LogP contribution in [0.25, 0.3) is 5.69 Å². The lowest BCUT2D eigenvalue weighted by molar-refractivity contribution is -0.137. The van der Waals surface area contributed by atoms with Gasteiger partial charge in [-0.15, -0.1) is 0 Å². The molecule has 28 heavy (non-hydrogen) atoms. The van der Waals surface area contributed by atoms with Crippen LogP contribution >= 0.6 is 0 Å². The zero-order valence-corrected chi connectivity index (χ0v) is 14.8. The Balaban J connectivity index is 1.96. The van der Waals surface area contributed by atoms with Crippen molar-refractivity contribution in [3.63, 3.8) is 0 Å². The molecule has 1 unspecified atom stereocenters. The second kappa shape index (κ2) is 7.45. The Morgan fingerprint density at radius 3 is 2.71 bits per heavy atom. The van der Waals surface area contributed by atoms with Crippen LogP contribution in [0.3, 0.4) is 0 Å². The number of nitrogens with one attached hydrogen (secondary N) is 2. The van der Waals surface area contributed by atoms with Gasteiger partial charge in [-0.25, -0.2) is 4.68 Å². The van der Waals surface area contributed by atoms with Crippen molar-refractivity contribution in [1.82, 2.24) is 20.4 Å². The number of amides is 2. The van der Waals surface area contributed by atoms with Gasteiger partial charge in [-0.05, 0) is 38.0 Å². The number of hydrogen-bond acceptors (Lipinski definition) is 4. The summed E-state index contributed by atoms with van der Waals surface area (Å²) in [4.78, 5) is 36.4. The number of carbonyl (C=O) groups is 2. The summed E-state index contributed by atoms with van der Waals surface area (Å²) in [5, 5.41) is 9.01. The van der Waals surface area contributed by atoms with Crippen molar-refractivity contribution in [1.29, 1.82) is 0 Å². The number of aryl methyl sites for hydroxylation is 1. The Bertz CT molecular complexity index is 985. The quantitative estimate of drug-likeness (QED) is 0.827. The van der Waals surface area contributed by atoms with E-state index in [4.69, 9.17) is 0 Å². The molecule has 0 saturated carbocycles. The van der Waals surface area contributed by atoms with E-state index in [2.05, 4.69) is 15.7 Å². The Kier molecular flexibility index (Phi) is 5.21. The summed E-state index contributed by atoms with van der Waals surface area (Å²) in [5.74, 6) is -1.21. The molecule has 2 N–H and O–H groups in total. The Morgan fingerprint density at radius 2 is 2.04 bits per heavy atom. The highest BCUT2D eigenvalue weighted by Crippen LogP contribution is 2.30. The summed E-state index contributed by atoms with van der Waals surface area (Å²) in [5.41, 5.74) is -1.75. The molecular formula is C18H17F3N4O3. The number of halogens is 3. The van der Waals surface area contributed by atoms with Crippen molar-refractivity contribution >= 4 is 11.8 Å². The SMILES string of the molecule is Cc1cc(=O)c(C(=O)NC2CCCNC2=O)nn1-c1cccc(C(F)(F)F)c1. The lowest BCUT2D eigenvalue weighted by Gasteiger charge is -2.22. The third kappa shape index (κ3) is 4.05. The van der Waals surface area contributed by atoms with E-state index >= 15 is 0 Å². The van der Waals surface area contributed by atoms with Gasteiger partial charge in [0.2, 0.25) is 11.3 Å². The third-order valence-corrected chi connectivity index (χ3v) is 4.33. The zero-order chi connectivity index (χ0) is 20.5. The van der Waals surface area contributed by atoms with Crippen LogP contribution in [0.5, 0.6) is 0 Å². The standard InChI is InChI=1S/C18H17F3N4O3/c1-10-8-14(26)15(17(28)23-13-6-3-7-22-16(13)27)24-25(10)12-5-2-4-11(9-12)18(19,20)21/h2,4-5,8-9,13H,3,6-7H2,1H3,(H,22,27)(H,23,28). The molecule has 0 bridgehead atoms. The van der Waals surface area contributed by atoms with Gasteiger partial charge in [0.25, 0.3) is 5.91 Å². The van der Waals surface area contributed by atoms with Gasteiger partial charge < -0.3 is 10.6 Å². The topological polar surface area (TPSA) is 93.1 Å². The molecule has 1 saturated heterocycles. The van der Waals surface area contributed by atoms with Crippen LogP contribution in [0.2, 0.25) is 0 Å². The minimum absolute atomic E-state index is 0.0526. The van der Waals surface area contributed by atoms with E-state index in [-0.39, 0.29) is 17.3 Å². The van der Waals surface area contributed by atoms with Crippen LogP contribution in [0.15, 0.2) is 35.1 Å². The van der Waals surface area contributed by atoms with Crippen molar-refractivity contribution in [2.24, 2.45) is 0 Å². The maximum absolute atomic E-state index is 13.0. The van der Waals surface area contributed by atoms with Crippen LogP contribution in [0.4, 0.5) is 13.2 Å². The van der Waals surface area contributed by atoms with Gasteiger partial charge in [0.1, 0.15) is 6.04 Å². The Hall–Kier alpha value is -3.17. The largest absolute Gasteiger partial charge is 0.416 e. The molecule has 1 aliphatic rings. The lowest BCUT2D eigenvalue weighted by Crippen LogP contribution is -2.51. The fourth-order valence-electron chi connectivity index (χ4n) is 2.92. The maximum Gasteiger partial charge on any atom is 0.416 e. The summed E-state index contributed by atoms with van der Waals surface area (Å²) in [7, 11) is 0. The summed E-state index contributed by atoms with van der Waals surface area (Å²) >= 11 is 0. The monoisotopic (exact) mass is 394 g/mol. The molecule has 1 aliphatic heterocycles. The van der Waals surface area contributed by atoms with Crippen LogP contribution < -0.4 is 16.1 Å². The van der Waals surface area contributed by atoms with Gasteiger partial charge in [-0.1, -0.05) is 6.07 Å². The van der Waals surface area contributed by atoms with Gasteiger partial charge in [0.05, 0.1) is 11.3 Å². The summed E-state index contributed by atoms with van der Waals surface area (Å²) in [6.07, 6.45) is -3.45. The second-order valence-corrected chi connectivity index (χ2v) is 6.42. The van der Waals surface area contributed by atoms with Crippen molar-refractivity contribution in [2.45, 2.75) is 32.0 Å². The molecule has 10 heteroatoms. The second-order valence-electron chi connectivity index (χ2n) is 6.42. The molecule has 148 valence electrons. The van der Waals surface area contributed by atoms with Crippen molar-refractivity contribution < 1.29 is 22.8 Å². The van der Waals surface area contributed by atoms with Crippen molar-refractivity contribution in [2.75, 3.05) is 6.54 Å². The number of nitrogens with zero attached hydrogens (tertiary/aromatic N) is 2. The predicted octanol–water partition coefficient (Wildman–Crippen LogP) is 1.57. The average molecular weight is 394 g/mol. The molecule has 1 fully saturated rings. The van der Waals surface area contributed by atoms with E-state index in [1.807, 2.05) is 0 Å². The summed E-state index contributed by atoms with van der Waals surface area (Å²) in [6.45, 7) is 2.00. The number of piperidine rings is 1. The number of hydrogen-bond donors (Lipinski definition) is 2. The summed E-state index contributed by atoms with van der Waals surface area (Å²) in [6, 6.07) is 4.71. The number of benzene rings is 1. The molecule has 1 aromatic heterocycles. The first-order valence-electron chi connectivity index (χ1n) is 8.54. The fourth-order valence-corrected chi connectivity index (χ4v) is 2.92. The van der Waals surface area contributed by atoms with Gasteiger partial charge in [-0.3, -0.25) is 14.4 Å². The molecule has 2 amide bonds. The first kappa shape index (κ1) is 19.6. The highest BCUT2D eigenvalue weighted by molar-refractivity contribution is 5.96. The third-order valence-electron chi connectivity index (χ3n) is 4.33. The number of carbonyl (C=O) groups excluding carboxylic acids is 2. The van der Waals surface area contributed by atoms with Gasteiger partial charge in [0, 0.05) is 18.3 Å². The van der Waals surface area contributed by atoms with Crippen LogP contribution in [-0.4, -0.2) is 34.2 Å². The molecule has 7 nitrogen and oxygen atoms in total. The Labute approximate surface area is 157 Å². The molecule has 2 aromatic rings. The highest BCUT2D eigenvalue weighted by atomic mass is 19.4. The predicted molar refractivity (Wildman–Crippen MR) is 93.1 cm³/mol. The minimum Gasteiger partial charge on any atom is -0.354 e. The molecule has 3 rings (SSSR count). The molecule has 2 heterocycles. The van der Waals surface area contributed by atoms with E-state index < -0.39 is 34.8 Å². The van der Waals surface area contributed by atoms with E-state index in [0.29, 0.717) is 19.4 Å². The van der Waals surface area contributed by atoms with E-state index in [1.165, 1.54) is 19.1 Å². The number of rotatable bonds is 3. The van der Waals surface area contributed by atoms with E-state index in [1.54, 1.807) is 0 Å². The van der Waals surface area contributed by atoms with Crippen molar-refractivity contribution in [3.05, 3.63) is 57.5 Å². The van der Waals surface area contributed by atoms with Crippen molar-refractivity contribution in [3.8, 4) is 5.69 Å². The first-order valence-corrected chi connectivity index (χ1v) is 8.54. The highest BCUT2D eigenvalue weighted by Gasteiger charge is 2.31. The average Bonchev–Trinajstić information content (AvgIpc) is 2.63. The smallest absolute Gasteiger partial charge is 0.354 e. The van der Waals surface area contributed by atoms with E-state index in [0.717, 1.165) is 22.9 Å².